The molecule has 1 aliphatic heterocycles. The number of carbonyl (C=O) groups excluding carboxylic acids is 1. The van der Waals surface area contributed by atoms with Crippen LogP contribution in [0.2, 0.25) is 5.15 Å². The van der Waals surface area contributed by atoms with E-state index in [1.54, 1.807) is 31.4 Å². The van der Waals surface area contributed by atoms with Crippen molar-refractivity contribution < 1.29 is 13.9 Å². The highest BCUT2D eigenvalue weighted by molar-refractivity contribution is 7.98. The maximum absolute atomic E-state index is 14.1. The van der Waals surface area contributed by atoms with E-state index < -0.39 is 0 Å². The van der Waals surface area contributed by atoms with Crippen molar-refractivity contribution in [2.75, 3.05) is 56.2 Å². The van der Waals surface area contributed by atoms with Crippen LogP contribution in [0.3, 0.4) is 0 Å². The first-order valence-corrected chi connectivity index (χ1v) is 12.7. The Morgan fingerprint density at radius 1 is 1.09 bits per heavy atom. The fourth-order valence-electron chi connectivity index (χ4n) is 3.82. The van der Waals surface area contributed by atoms with Crippen molar-refractivity contribution in [2.45, 2.75) is 10.9 Å². The molecule has 1 saturated heterocycles. The summed E-state index contributed by atoms with van der Waals surface area (Å²) in [5, 5.41) is 3.77. The van der Waals surface area contributed by atoms with Crippen LogP contribution in [0, 0.1) is 5.82 Å². The molecule has 1 fully saturated rings. The molecule has 2 aromatic carbocycles. The van der Waals surface area contributed by atoms with E-state index in [4.69, 9.17) is 21.3 Å². The summed E-state index contributed by atoms with van der Waals surface area (Å²) in [4.78, 5) is 25.5. The number of para-hydroxylation sites is 1. The number of methoxy groups -OCH3 is 1. The molecule has 1 aliphatic rings. The Bertz CT molecular complexity index is 1160. The first-order chi connectivity index (χ1) is 17.0. The number of piperazine rings is 1. The third-order valence-electron chi connectivity index (χ3n) is 5.61. The highest BCUT2D eigenvalue weighted by Gasteiger charge is 2.21. The van der Waals surface area contributed by atoms with Gasteiger partial charge in [-0.15, -0.1) is 0 Å². The normalized spacial score (nSPS) is 13.7. The highest BCUT2D eigenvalue weighted by atomic mass is 35.5. The Morgan fingerprint density at radius 3 is 2.63 bits per heavy atom. The number of thioether (sulfide) groups is 1. The molecule has 2 heterocycles. The molecule has 1 amide bonds. The molecular weight excluding hydrogens is 489 g/mol. The van der Waals surface area contributed by atoms with Gasteiger partial charge < -0.3 is 19.9 Å². The van der Waals surface area contributed by atoms with Gasteiger partial charge in [0.2, 0.25) is 0 Å². The summed E-state index contributed by atoms with van der Waals surface area (Å²) in [7, 11) is 1.60. The molecule has 7 nitrogen and oxygen atoms in total. The Balaban J connectivity index is 1.37. The zero-order valence-corrected chi connectivity index (χ0v) is 21.0. The minimum Gasteiger partial charge on any atom is -0.383 e. The molecule has 10 heteroatoms. The third-order valence-corrected chi connectivity index (χ3v) is 6.72. The number of anilines is 2. The standard InChI is InChI=1S/C25H27ClFN5O2S/c1-34-14-9-28-24(33)19-6-4-5-18(15-19)17-35-25-29-22(26)16-23(30-25)32-12-10-31(11-13-32)21-8-3-2-7-20(21)27/h2-8,15-16H,9-14,17H2,1H3,(H,28,33). The molecule has 0 radical (unpaired) electrons. The number of aromatic nitrogens is 2. The lowest BCUT2D eigenvalue weighted by molar-refractivity contribution is 0.0937. The number of benzene rings is 2. The molecule has 0 unspecified atom stereocenters. The average Bonchev–Trinajstić information content (AvgIpc) is 2.88. The second-order valence-corrected chi connectivity index (χ2v) is 9.32. The summed E-state index contributed by atoms with van der Waals surface area (Å²) in [6.07, 6.45) is 0. The van der Waals surface area contributed by atoms with E-state index in [2.05, 4.69) is 15.2 Å². The molecule has 4 rings (SSSR count). The lowest BCUT2D eigenvalue weighted by atomic mass is 10.1. The maximum atomic E-state index is 14.1. The van der Waals surface area contributed by atoms with Crippen molar-refractivity contribution in [2.24, 2.45) is 0 Å². The molecule has 184 valence electrons. The number of ether oxygens (including phenoxy) is 1. The van der Waals surface area contributed by atoms with Gasteiger partial charge in [-0.1, -0.05) is 47.6 Å². The van der Waals surface area contributed by atoms with E-state index >= 15 is 0 Å². The Morgan fingerprint density at radius 2 is 1.86 bits per heavy atom. The van der Waals surface area contributed by atoms with Crippen molar-refractivity contribution in [3.8, 4) is 0 Å². The van der Waals surface area contributed by atoms with Crippen molar-refractivity contribution in [3.05, 3.63) is 76.7 Å². The predicted molar refractivity (Wildman–Crippen MR) is 138 cm³/mol. The second-order valence-electron chi connectivity index (χ2n) is 7.99. The van der Waals surface area contributed by atoms with Gasteiger partial charge in [0.05, 0.1) is 12.3 Å². The van der Waals surface area contributed by atoms with Crippen LogP contribution in [0.15, 0.2) is 59.8 Å². The molecular formula is C25H27ClFN5O2S. The summed E-state index contributed by atoms with van der Waals surface area (Å²) in [6, 6.07) is 16.1. The van der Waals surface area contributed by atoms with Crippen LogP contribution in [-0.2, 0) is 10.5 Å². The van der Waals surface area contributed by atoms with Crippen LogP contribution < -0.4 is 15.1 Å². The number of nitrogens with zero attached hydrogens (tertiary/aromatic N) is 4. The topological polar surface area (TPSA) is 70.6 Å². The quantitative estimate of drug-likeness (QED) is 0.197. The summed E-state index contributed by atoms with van der Waals surface area (Å²) >= 11 is 7.77. The van der Waals surface area contributed by atoms with Crippen LogP contribution in [0.5, 0.6) is 0 Å². The zero-order chi connectivity index (χ0) is 24.6. The lowest BCUT2D eigenvalue weighted by Gasteiger charge is -2.36. The number of carbonyl (C=O) groups is 1. The Hall–Kier alpha value is -2.88. The number of hydrogen-bond acceptors (Lipinski definition) is 7. The van der Waals surface area contributed by atoms with Crippen LogP contribution in [0.25, 0.3) is 0 Å². The van der Waals surface area contributed by atoms with Gasteiger partial charge in [0.15, 0.2) is 5.16 Å². The van der Waals surface area contributed by atoms with Crippen LogP contribution in [0.4, 0.5) is 15.9 Å². The highest BCUT2D eigenvalue weighted by Crippen LogP contribution is 2.27. The van der Waals surface area contributed by atoms with Gasteiger partial charge >= 0.3 is 0 Å². The summed E-state index contributed by atoms with van der Waals surface area (Å²) in [5.41, 5.74) is 2.20. The van der Waals surface area contributed by atoms with E-state index in [0.29, 0.717) is 66.6 Å². The van der Waals surface area contributed by atoms with E-state index in [9.17, 15) is 9.18 Å². The maximum Gasteiger partial charge on any atom is 0.251 e. The van der Waals surface area contributed by atoms with Crippen molar-refractivity contribution in [1.82, 2.24) is 15.3 Å². The van der Waals surface area contributed by atoms with E-state index in [-0.39, 0.29) is 11.7 Å². The van der Waals surface area contributed by atoms with Gasteiger partial charge in [0, 0.05) is 57.2 Å². The molecule has 1 aromatic heterocycles. The molecule has 0 atom stereocenters. The number of nitrogens with one attached hydrogen (secondary N) is 1. The fraction of sp³-hybridized carbons (Fsp3) is 0.320. The van der Waals surface area contributed by atoms with E-state index in [1.165, 1.54) is 17.8 Å². The van der Waals surface area contributed by atoms with Crippen LogP contribution in [0.1, 0.15) is 15.9 Å². The Labute approximate surface area is 213 Å². The first kappa shape index (κ1) is 25.2. The van der Waals surface area contributed by atoms with E-state index in [1.807, 2.05) is 29.2 Å². The lowest BCUT2D eigenvalue weighted by Crippen LogP contribution is -2.47. The van der Waals surface area contributed by atoms with Gasteiger partial charge in [-0.2, -0.15) is 0 Å². The van der Waals surface area contributed by atoms with Gasteiger partial charge in [-0.25, -0.2) is 14.4 Å². The van der Waals surface area contributed by atoms with Crippen molar-refractivity contribution in [1.29, 1.82) is 0 Å². The largest absolute Gasteiger partial charge is 0.383 e. The smallest absolute Gasteiger partial charge is 0.251 e. The fourth-order valence-corrected chi connectivity index (χ4v) is 4.84. The SMILES string of the molecule is COCCNC(=O)c1cccc(CSc2nc(Cl)cc(N3CCN(c4ccccc4F)CC3)n2)c1. The second kappa shape index (κ2) is 12.2. The number of halogens is 2. The molecule has 1 N–H and O–H groups in total. The molecule has 0 saturated carbocycles. The first-order valence-electron chi connectivity index (χ1n) is 11.3. The summed E-state index contributed by atoms with van der Waals surface area (Å²) in [5.74, 6) is 1.01. The van der Waals surface area contributed by atoms with Gasteiger partial charge in [-0.3, -0.25) is 4.79 Å². The van der Waals surface area contributed by atoms with E-state index in [0.717, 1.165) is 11.4 Å². The predicted octanol–water partition coefficient (Wildman–Crippen LogP) is 4.26. The van der Waals surface area contributed by atoms with Crippen LogP contribution >= 0.6 is 23.4 Å². The number of hydrogen-bond donors (Lipinski definition) is 1. The number of amides is 1. The molecule has 3 aromatic rings. The van der Waals surface area contributed by atoms with Crippen LogP contribution in [-0.4, -0.2) is 62.3 Å². The Kier molecular flexibility index (Phi) is 8.79. The van der Waals surface area contributed by atoms with Crippen molar-refractivity contribution >= 4 is 40.8 Å². The number of rotatable bonds is 9. The minimum atomic E-state index is -0.207. The van der Waals surface area contributed by atoms with Crippen molar-refractivity contribution in [3.63, 3.8) is 0 Å². The molecule has 35 heavy (non-hydrogen) atoms. The monoisotopic (exact) mass is 515 g/mol. The molecule has 0 bridgehead atoms. The van der Waals surface area contributed by atoms with Gasteiger partial charge in [-0.05, 0) is 29.8 Å². The average molecular weight is 516 g/mol. The molecule has 0 spiro atoms. The zero-order valence-electron chi connectivity index (χ0n) is 19.4. The summed E-state index contributed by atoms with van der Waals surface area (Å²) in [6.45, 7) is 3.70. The third kappa shape index (κ3) is 6.84. The molecule has 0 aliphatic carbocycles. The van der Waals surface area contributed by atoms with Gasteiger partial charge in [0.1, 0.15) is 16.8 Å². The summed E-state index contributed by atoms with van der Waals surface area (Å²) < 4.78 is 19.1. The minimum absolute atomic E-state index is 0.135. The van der Waals surface area contributed by atoms with Gasteiger partial charge in [0.25, 0.3) is 5.91 Å².